The molecule has 1 aliphatic rings. The number of carbonyl (C=O) groups is 2. The fourth-order valence-corrected chi connectivity index (χ4v) is 1.68. The molecule has 0 radical (unpaired) electrons. The first-order valence-electron chi connectivity index (χ1n) is 5.55. The van der Waals surface area contributed by atoms with Gasteiger partial charge < -0.3 is 10.1 Å². The SMILES string of the molecule is CC(C)OC(=O)N1CC(=O)Nc2ccc(F)cc21. The third-order valence-corrected chi connectivity index (χ3v) is 2.38. The summed E-state index contributed by atoms with van der Waals surface area (Å²) in [7, 11) is 0. The molecule has 6 heteroatoms. The van der Waals surface area contributed by atoms with Gasteiger partial charge in [0, 0.05) is 0 Å². The van der Waals surface area contributed by atoms with Crippen molar-refractivity contribution in [2.75, 3.05) is 16.8 Å². The van der Waals surface area contributed by atoms with Crippen LogP contribution in [0.3, 0.4) is 0 Å². The van der Waals surface area contributed by atoms with Crippen LogP contribution < -0.4 is 10.2 Å². The number of rotatable bonds is 1. The maximum absolute atomic E-state index is 13.2. The first kappa shape index (κ1) is 12.3. The lowest BCUT2D eigenvalue weighted by atomic mass is 10.2. The van der Waals surface area contributed by atoms with E-state index in [4.69, 9.17) is 4.74 Å². The summed E-state index contributed by atoms with van der Waals surface area (Å²) in [4.78, 5) is 24.4. The van der Waals surface area contributed by atoms with Gasteiger partial charge in [-0.05, 0) is 32.0 Å². The van der Waals surface area contributed by atoms with E-state index in [2.05, 4.69) is 5.32 Å². The van der Waals surface area contributed by atoms with Crippen LogP contribution in [0.4, 0.5) is 20.6 Å². The molecule has 1 aliphatic heterocycles. The number of anilines is 2. The van der Waals surface area contributed by atoms with E-state index in [-0.39, 0.29) is 18.6 Å². The van der Waals surface area contributed by atoms with Crippen molar-refractivity contribution in [1.29, 1.82) is 0 Å². The Morgan fingerprint density at radius 3 is 2.89 bits per heavy atom. The van der Waals surface area contributed by atoms with E-state index in [0.29, 0.717) is 11.4 Å². The normalized spacial score (nSPS) is 14.2. The summed E-state index contributed by atoms with van der Waals surface area (Å²) < 4.78 is 18.2. The molecule has 0 aromatic heterocycles. The van der Waals surface area contributed by atoms with Crippen molar-refractivity contribution in [3.63, 3.8) is 0 Å². The largest absolute Gasteiger partial charge is 0.446 e. The summed E-state index contributed by atoms with van der Waals surface area (Å²) in [5.41, 5.74) is 0.702. The lowest BCUT2D eigenvalue weighted by Gasteiger charge is -2.29. The highest BCUT2D eigenvalue weighted by atomic mass is 19.1. The van der Waals surface area contributed by atoms with E-state index in [0.717, 1.165) is 4.90 Å². The van der Waals surface area contributed by atoms with Gasteiger partial charge in [0.1, 0.15) is 12.4 Å². The van der Waals surface area contributed by atoms with Gasteiger partial charge in [-0.1, -0.05) is 0 Å². The van der Waals surface area contributed by atoms with Gasteiger partial charge in [0.25, 0.3) is 0 Å². The highest BCUT2D eigenvalue weighted by Crippen LogP contribution is 2.30. The molecule has 0 saturated heterocycles. The second-order valence-corrected chi connectivity index (χ2v) is 4.23. The second kappa shape index (κ2) is 4.64. The molecule has 18 heavy (non-hydrogen) atoms. The highest BCUT2D eigenvalue weighted by Gasteiger charge is 2.28. The Bertz CT molecular complexity index is 502. The van der Waals surface area contributed by atoms with E-state index in [1.807, 2.05) is 0 Å². The number of nitrogens with zero attached hydrogens (tertiary/aromatic N) is 1. The molecule has 0 aliphatic carbocycles. The van der Waals surface area contributed by atoms with Crippen LogP contribution in [0.5, 0.6) is 0 Å². The van der Waals surface area contributed by atoms with Crippen LogP contribution in [0.25, 0.3) is 0 Å². The zero-order valence-electron chi connectivity index (χ0n) is 10.1. The van der Waals surface area contributed by atoms with Crippen molar-refractivity contribution in [3.8, 4) is 0 Å². The van der Waals surface area contributed by atoms with Crippen LogP contribution >= 0.6 is 0 Å². The summed E-state index contributed by atoms with van der Waals surface area (Å²) in [6.07, 6.45) is -0.966. The molecular weight excluding hydrogens is 239 g/mol. The standard InChI is InChI=1S/C12H13FN2O3/c1-7(2)18-12(17)15-6-11(16)14-9-4-3-8(13)5-10(9)15/h3-5,7H,6H2,1-2H3,(H,14,16). The van der Waals surface area contributed by atoms with E-state index in [1.54, 1.807) is 13.8 Å². The van der Waals surface area contributed by atoms with Crippen molar-refractivity contribution in [2.24, 2.45) is 0 Å². The second-order valence-electron chi connectivity index (χ2n) is 4.23. The zero-order chi connectivity index (χ0) is 13.3. The van der Waals surface area contributed by atoms with Crippen LogP contribution in [0.2, 0.25) is 0 Å². The molecule has 1 heterocycles. The van der Waals surface area contributed by atoms with Gasteiger partial charge in [0.05, 0.1) is 17.5 Å². The lowest BCUT2D eigenvalue weighted by Crippen LogP contribution is -2.43. The van der Waals surface area contributed by atoms with Crippen molar-refractivity contribution in [1.82, 2.24) is 0 Å². The number of fused-ring (bicyclic) bond motifs is 1. The minimum Gasteiger partial charge on any atom is -0.446 e. The maximum Gasteiger partial charge on any atom is 0.415 e. The summed E-state index contributed by atoms with van der Waals surface area (Å²) in [5, 5.41) is 2.57. The summed E-state index contributed by atoms with van der Waals surface area (Å²) >= 11 is 0. The molecule has 0 spiro atoms. The molecule has 0 saturated carbocycles. The Balaban J connectivity index is 2.35. The minimum absolute atomic E-state index is 0.179. The van der Waals surface area contributed by atoms with Crippen molar-refractivity contribution >= 4 is 23.4 Å². The van der Waals surface area contributed by atoms with Gasteiger partial charge in [0.15, 0.2) is 0 Å². The van der Waals surface area contributed by atoms with E-state index in [9.17, 15) is 14.0 Å². The summed E-state index contributed by atoms with van der Waals surface area (Å²) in [5.74, 6) is -0.818. The number of hydrogen-bond acceptors (Lipinski definition) is 3. The van der Waals surface area contributed by atoms with Gasteiger partial charge >= 0.3 is 6.09 Å². The average Bonchev–Trinajstić information content (AvgIpc) is 2.27. The van der Waals surface area contributed by atoms with Crippen LogP contribution in [-0.4, -0.2) is 24.6 Å². The van der Waals surface area contributed by atoms with Crippen LogP contribution in [0.15, 0.2) is 18.2 Å². The fourth-order valence-electron chi connectivity index (χ4n) is 1.68. The number of carbonyl (C=O) groups excluding carboxylic acids is 2. The van der Waals surface area contributed by atoms with E-state index in [1.165, 1.54) is 18.2 Å². The molecular formula is C12H13FN2O3. The molecule has 2 rings (SSSR count). The van der Waals surface area contributed by atoms with Crippen LogP contribution in [0, 0.1) is 5.82 Å². The quantitative estimate of drug-likeness (QED) is 0.833. The van der Waals surface area contributed by atoms with Crippen LogP contribution in [-0.2, 0) is 9.53 Å². The average molecular weight is 252 g/mol. The number of benzene rings is 1. The molecule has 0 fully saturated rings. The molecule has 1 aromatic carbocycles. The number of nitrogens with one attached hydrogen (secondary N) is 1. The predicted molar refractivity (Wildman–Crippen MR) is 64.0 cm³/mol. The Labute approximate surface area is 104 Å². The van der Waals surface area contributed by atoms with Gasteiger partial charge in [-0.2, -0.15) is 0 Å². The Hall–Kier alpha value is -2.11. The van der Waals surface area contributed by atoms with Gasteiger partial charge in [-0.3, -0.25) is 9.69 Å². The number of halogens is 1. The highest BCUT2D eigenvalue weighted by molar-refractivity contribution is 6.08. The number of ether oxygens (including phenoxy) is 1. The molecule has 0 bridgehead atoms. The fraction of sp³-hybridized carbons (Fsp3) is 0.333. The molecule has 0 atom stereocenters. The van der Waals surface area contributed by atoms with E-state index >= 15 is 0 Å². The van der Waals surface area contributed by atoms with Crippen molar-refractivity contribution in [3.05, 3.63) is 24.0 Å². The summed E-state index contributed by atoms with van der Waals surface area (Å²) in [6, 6.07) is 3.82. The molecule has 1 N–H and O–H groups in total. The molecule has 2 amide bonds. The zero-order valence-corrected chi connectivity index (χ0v) is 10.1. The van der Waals surface area contributed by atoms with Gasteiger partial charge in [0.2, 0.25) is 5.91 Å². The first-order valence-corrected chi connectivity index (χ1v) is 5.55. The molecule has 96 valence electrons. The first-order chi connectivity index (χ1) is 8.47. The Morgan fingerprint density at radius 2 is 2.22 bits per heavy atom. The van der Waals surface area contributed by atoms with Crippen LogP contribution in [0.1, 0.15) is 13.8 Å². The number of amides is 2. The van der Waals surface area contributed by atoms with E-state index < -0.39 is 11.9 Å². The van der Waals surface area contributed by atoms with Gasteiger partial charge in [-0.15, -0.1) is 0 Å². The Kier molecular flexibility index (Phi) is 3.18. The monoisotopic (exact) mass is 252 g/mol. The number of hydrogen-bond donors (Lipinski definition) is 1. The van der Waals surface area contributed by atoms with Gasteiger partial charge in [-0.25, -0.2) is 9.18 Å². The third-order valence-electron chi connectivity index (χ3n) is 2.38. The van der Waals surface area contributed by atoms with Crippen molar-refractivity contribution < 1.29 is 18.7 Å². The minimum atomic E-state index is -0.660. The maximum atomic E-state index is 13.2. The smallest absolute Gasteiger partial charge is 0.415 e. The topological polar surface area (TPSA) is 58.6 Å². The summed E-state index contributed by atoms with van der Waals surface area (Å²) in [6.45, 7) is 3.23. The molecule has 5 nitrogen and oxygen atoms in total. The predicted octanol–water partition coefficient (Wildman–Crippen LogP) is 2.13. The molecule has 1 aromatic rings. The Morgan fingerprint density at radius 1 is 1.50 bits per heavy atom. The third kappa shape index (κ3) is 2.42. The van der Waals surface area contributed by atoms with Crippen molar-refractivity contribution in [2.45, 2.75) is 20.0 Å². The molecule has 0 unspecified atom stereocenters. The lowest BCUT2D eigenvalue weighted by molar-refractivity contribution is -0.115.